The van der Waals surface area contributed by atoms with E-state index in [1.54, 1.807) is 6.07 Å². The van der Waals surface area contributed by atoms with Crippen molar-refractivity contribution < 1.29 is 15.1 Å². The van der Waals surface area contributed by atoms with Gasteiger partial charge in [-0.2, -0.15) is 5.26 Å². The number of nitro benzene ring substituents is 1. The summed E-state index contributed by atoms with van der Waals surface area (Å²) in [4.78, 5) is 10.1. The zero-order valence-electron chi connectivity index (χ0n) is 8.83. The Hall–Kier alpha value is -2.17. The molecule has 0 heterocycles. The molecule has 0 bridgehead atoms. The fraction of sp³-hybridized carbons (Fsp3) is 0.300. The van der Waals surface area contributed by atoms with Crippen molar-refractivity contribution in [2.45, 2.75) is 6.10 Å². The lowest BCUT2D eigenvalue weighted by Gasteiger charge is -2.10. The second-order valence-electron chi connectivity index (χ2n) is 3.32. The Morgan fingerprint density at radius 1 is 1.59 bits per heavy atom. The summed E-state index contributed by atoms with van der Waals surface area (Å²) in [6.07, 6.45) is -0.995. The minimum absolute atomic E-state index is 0.0107. The van der Waals surface area contributed by atoms with E-state index in [1.165, 1.54) is 12.1 Å². The number of nitrogens with zero attached hydrogens (tertiary/aromatic N) is 2. The lowest BCUT2D eigenvalue weighted by Crippen LogP contribution is -2.23. The van der Waals surface area contributed by atoms with Gasteiger partial charge in [0.15, 0.2) is 0 Å². The number of aliphatic hydroxyl groups is 2. The zero-order valence-corrected chi connectivity index (χ0v) is 8.83. The summed E-state index contributed by atoms with van der Waals surface area (Å²) < 4.78 is 0. The van der Waals surface area contributed by atoms with E-state index in [1.807, 2.05) is 0 Å². The molecule has 0 radical (unpaired) electrons. The summed E-state index contributed by atoms with van der Waals surface area (Å²) in [7, 11) is 0. The minimum atomic E-state index is -0.995. The maximum absolute atomic E-state index is 10.7. The van der Waals surface area contributed by atoms with Crippen molar-refractivity contribution >= 4 is 11.4 Å². The first-order valence-corrected chi connectivity index (χ1v) is 4.79. The molecule has 17 heavy (non-hydrogen) atoms. The Kier molecular flexibility index (Phi) is 4.39. The van der Waals surface area contributed by atoms with Crippen molar-refractivity contribution in [2.24, 2.45) is 0 Å². The van der Waals surface area contributed by atoms with Crippen LogP contribution in [0, 0.1) is 21.4 Å². The predicted molar refractivity (Wildman–Crippen MR) is 59.4 cm³/mol. The average molecular weight is 237 g/mol. The van der Waals surface area contributed by atoms with Crippen LogP contribution < -0.4 is 5.32 Å². The number of aliphatic hydroxyl groups excluding tert-OH is 2. The van der Waals surface area contributed by atoms with Crippen molar-refractivity contribution in [3.63, 3.8) is 0 Å². The van der Waals surface area contributed by atoms with Gasteiger partial charge >= 0.3 is 0 Å². The van der Waals surface area contributed by atoms with Gasteiger partial charge in [-0.05, 0) is 12.1 Å². The lowest BCUT2D eigenvalue weighted by atomic mass is 10.2. The highest BCUT2D eigenvalue weighted by Crippen LogP contribution is 2.25. The zero-order chi connectivity index (χ0) is 12.8. The molecule has 0 spiro atoms. The van der Waals surface area contributed by atoms with Crippen LogP contribution in [0.4, 0.5) is 11.4 Å². The number of hydrogen-bond donors (Lipinski definition) is 3. The molecule has 1 rings (SSSR count). The van der Waals surface area contributed by atoms with Gasteiger partial charge in [0.2, 0.25) is 0 Å². The van der Waals surface area contributed by atoms with Gasteiger partial charge in [0.1, 0.15) is 5.69 Å². The third-order valence-electron chi connectivity index (χ3n) is 2.06. The molecule has 0 aliphatic heterocycles. The number of hydrogen-bond acceptors (Lipinski definition) is 6. The molecule has 0 aromatic heterocycles. The van der Waals surface area contributed by atoms with Gasteiger partial charge < -0.3 is 15.5 Å². The third-order valence-corrected chi connectivity index (χ3v) is 2.06. The first kappa shape index (κ1) is 12.9. The Morgan fingerprint density at radius 2 is 2.29 bits per heavy atom. The quantitative estimate of drug-likeness (QED) is 0.498. The van der Waals surface area contributed by atoms with Gasteiger partial charge in [0, 0.05) is 12.6 Å². The fourth-order valence-electron chi connectivity index (χ4n) is 1.19. The molecule has 3 N–H and O–H groups in total. The highest BCUT2D eigenvalue weighted by Gasteiger charge is 2.15. The highest BCUT2D eigenvalue weighted by molar-refractivity contribution is 5.64. The molecule has 1 aromatic carbocycles. The Balaban J connectivity index is 2.92. The SMILES string of the molecule is N#Cc1ccc(NCC(O)CO)c([N+](=O)[O-])c1. The number of benzene rings is 1. The molecule has 0 aliphatic rings. The summed E-state index contributed by atoms with van der Waals surface area (Å²) >= 11 is 0. The Morgan fingerprint density at radius 3 is 2.82 bits per heavy atom. The lowest BCUT2D eigenvalue weighted by molar-refractivity contribution is -0.384. The van der Waals surface area contributed by atoms with Gasteiger partial charge in [-0.1, -0.05) is 0 Å². The van der Waals surface area contributed by atoms with E-state index in [0.29, 0.717) is 0 Å². The molecule has 0 amide bonds. The maximum atomic E-state index is 10.7. The minimum Gasteiger partial charge on any atom is -0.394 e. The van der Waals surface area contributed by atoms with Crippen molar-refractivity contribution in [2.75, 3.05) is 18.5 Å². The van der Waals surface area contributed by atoms with Crippen LogP contribution in [0.15, 0.2) is 18.2 Å². The third kappa shape index (κ3) is 3.41. The van der Waals surface area contributed by atoms with Crippen LogP contribution in [-0.4, -0.2) is 34.4 Å². The topological polar surface area (TPSA) is 119 Å². The Labute approximate surface area is 97.1 Å². The first-order valence-electron chi connectivity index (χ1n) is 4.79. The second kappa shape index (κ2) is 5.79. The molecular weight excluding hydrogens is 226 g/mol. The van der Waals surface area contributed by atoms with Crippen LogP contribution in [0.1, 0.15) is 5.56 Å². The molecular formula is C10H11N3O4. The van der Waals surface area contributed by atoms with Crippen molar-refractivity contribution in [3.8, 4) is 6.07 Å². The van der Waals surface area contributed by atoms with Gasteiger partial charge in [0.25, 0.3) is 5.69 Å². The molecule has 0 fully saturated rings. The summed E-state index contributed by atoms with van der Waals surface area (Å²) in [6.45, 7) is -0.444. The maximum Gasteiger partial charge on any atom is 0.293 e. The van der Waals surface area contributed by atoms with E-state index in [2.05, 4.69) is 5.32 Å². The van der Waals surface area contributed by atoms with Crippen LogP contribution in [0.5, 0.6) is 0 Å². The van der Waals surface area contributed by atoms with Gasteiger partial charge in [-0.15, -0.1) is 0 Å². The summed E-state index contributed by atoms with van der Waals surface area (Å²) in [5.74, 6) is 0. The summed E-state index contributed by atoms with van der Waals surface area (Å²) in [5, 5.41) is 39.7. The molecule has 7 nitrogen and oxygen atoms in total. The van der Waals surface area contributed by atoms with Gasteiger partial charge in [-0.25, -0.2) is 0 Å². The number of nitro groups is 1. The predicted octanol–water partition coefficient (Wildman–Crippen LogP) is 0.232. The van der Waals surface area contributed by atoms with Crippen LogP contribution >= 0.6 is 0 Å². The van der Waals surface area contributed by atoms with Crippen molar-refractivity contribution in [3.05, 3.63) is 33.9 Å². The molecule has 0 saturated carbocycles. The molecule has 1 aromatic rings. The second-order valence-corrected chi connectivity index (χ2v) is 3.32. The normalized spacial score (nSPS) is 11.6. The molecule has 90 valence electrons. The number of anilines is 1. The monoisotopic (exact) mass is 237 g/mol. The summed E-state index contributed by atoms with van der Waals surface area (Å²) in [6, 6.07) is 5.77. The molecule has 0 saturated heterocycles. The molecule has 1 unspecified atom stereocenters. The smallest absolute Gasteiger partial charge is 0.293 e. The number of rotatable bonds is 5. The van der Waals surface area contributed by atoms with E-state index in [-0.39, 0.29) is 23.5 Å². The van der Waals surface area contributed by atoms with E-state index >= 15 is 0 Å². The van der Waals surface area contributed by atoms with E-state index < -0.39 is 17.6 Å². The van der Waals surface area contributed by atoms with E-state index in [9.17, 15) is 10.1 Å². The number of nitriles is 1. The largest absolute Gasteiger partial charge is 0.394 e. The first-order chi connectivity index (χ1) is 8.08. The molecule has 1 atom stereocenters. The Bertz CT molecular complexity index is 455. The standard InChI is InChI=1S/C10H11N3O4/c11-4-7-1-2-9(10(3-7)13(16)17)12-5-8(15)6-14/h1-3,8,12,14-15H,5-6H2. The van der Waals surface area contributed by atoms with E-state index in [4.69, 9.17) is 15.5 Å². The van der Waals surface area contributed by atoms with E-state index in [0.717, 1.165) is 6.07 Å². The summed E-state index contributed by atoms with van der Waals surface area (Å²) in [5.41, 5.74) is 0.139. The molecule has 0 aliphatic carbocycles. The highest BCUT2D eigenvalue weighted by atomic mass is 16.6. The molecule has 7 heteroatoms. The van der Waals surface area contributed by atoms with Crippen LogP contribution in [-0.2, 0) is 0 Å². The average Bonchev–Trinajstić information content (AvgIpc) is 2.35. The van der Waals surface area contributed by atoms with Crippen molar-refractivity contribution in [1.29, 1.82) is 5.26 Å². The van der Waals surface area contributed by atoms with Crippen molar-refractivity contribution in [1.82, 2.24) is 0 Å². The fourth-order valence-corrected chi connectivity index (χ4v) is 1.19. The van der Waals surface area contributed by atoms with Crippen LogP contribution in [0.2, 0.25) is 0 Å². The van der Waals surface area contributed by atoms with Crippen LogP contribution in [0.25, 0.3) is 0 Å². The van der Waals surface area contributed by atoms with Gasteiger partial charge in [-0.3, -0.25) is 10.1 Å². The number of nitrogens with one attached hydrogen (secondary N) is 1. The van der Waals surface area contributed by atoms with Gasteiger partial charge in [0.05, 0.1) is 29.3 Å². The van der Waals surface area contributed by atoms with Crippen LogP contribution in [0.3, 0.4) is 0 Å².